The van der Waals surface area contributed by atoms with E-state index in [1.54, 1.807) is 12.3 Å². The fraction of sp³-hybridized carbons (Fsp3) is 0.296. The Bertz CT molecular complexity index is 1400. The molecule has 1 aliphatic heterocycles. The molecule has 1 saturated heterocycles. The molecule has 3 aromatic rings. The van der Waals surface area contributed by atoms with Gasteiger partial charge in [-0.2, -0.15) is 0 Å². The number of anilines is 2. The lowest BCUT2D eigenvalue weighted by Crippen LogP contribution is -2.46. The third-order valence-electron chi connectivity index (χ3n) is 6.39. The fourth-order valence-electron chi connectivity index (χ4n) is 4.69. The van der Waals surface area contributed by atoms with Gasteiger partial charge in [-0.05, 0) is 42.7 Å². The number of aromatic nitrogens is 1. The molecule has 3 N–H and O–H groups in total. The molecule has 40 heavy (non-hydrogen) atoms. The zero-order chi connectivity index (χ0) is 27.7. The summed E-state index contributed by atoms with van der Waals surface area (Å²) in [6.07, 6.45) is 3.78. The first-order chi connectivity index (χ1) is 18.0. The third-order valence-corrected chi connectivity index (χ3v) is 6.39. The van der Waals surface area contributed by atoms with Crippen molar-refractivity contribution in [3.63, 3.8) is 0 Å². The first kappa shape index (κ1) is 32.8. The van der Waals surface area contributed by atoms with E-state index in [1.807, 2.05) is 4.90 Å². The summed E-state index contributed by atoms with van der Waals surface area (Å²) < 4.78 is 60.4. The number of amides is 2. The van der Waals surface area contributed by atoms with Gasteiger partial charge >= 0.3 is 0 Å². The largest absolute Gasteiger partial charge is 0.368 e. The molecule has 0 unspecified atom stereocenters. The van der Waals surface area contributed by atoms with E-state index in [2.05, 4.69) is 17.2 Å². The maximum absolute atomic E-state index is 15.6. The zero-order valence-electron chi connectivity index (χ0n) is 21.9. The normalized spacial score (nSPS) is 16.4. The number of hydrogen-bond acceptors (Lipinski definition) is 5. The summed E-state index contributed by atoms with van der Waals surface area (Å²) in [6.45, 7) is 3.27. The van der Waals surface area contributed by atoms with Gasteiger partial charge in [-0.1, -0.05) is 6.92 Å². The monoisotopic (exact) mass is 601 g/mol. The Morgan fingerprint density at radius 3 is 2.10 bits per heavy atom. The molecule has 216 valence electrons. The van der Waals surface area contributed by atoms with Crippen LogP contribution in [0.5, 0.6) is 0 Å². The quantitative estimate of drug-likeness (QED) is 0.388. The summed E-state index contributed by atoms with van der Waals surface area (Å²) >= 11 is 0. The number of carbonyl (C=O) groups is 2. The highest BCUT2D eigenvalue weighted by Crippen LogP contribution is 2.35. The number of nitrogens with one attached hydrogen (secondary N) is 1. The molecule has 0 spiro atoms. The van der Waals surface area contributed by atoms with Gasteiger partial charge in [0.05, 0.1) is 39.8 Å². The van der Waals surface area contributed by atoms with Crippen LogP contribution in [0, 0.1) is 29.2 Å². The van der Waals surface area contributed by atoms with E-state index in [9.17, 15) is 18.4 Å². The number of carbonyl (C=O) groups excluding carboxylic acids is 2. The molecule has 1 fully saturated rings. The van der Waals surface area contributed by atoms with Gasteiger partial charge in [0.1, 0.15) is 23.3 Å². The highest BCUT2D eigenvalue weighted by molar-refractivity contribution is 6.07. The molecular weight excluding hydrogens is 573 g/mol. The van der Waals surface area contributed by atoms with Crippen LogP contribution in [0.3, 0.4) is 0 Å². The van der Waals surface area contributed by atoms with Crippen LogP contribution in [-0.2, 0) is 0 Å². The molecule has 0 radical (unpaired) electrons. The van der Waals surface area contributed by atoms with Crippen LogP contribution in [-0.4, -0.2) is 54.9 Å². The average molecular weight is 602 g/mol. The minimum absolute atomic E-state index is 0. The van der Waals surface area contributed by atoms with E-state index in [1.165, 1.54) is 20.3 Å². The second-order valence-electron chi connectivity index (χ2n) is 9.62. The van der Waals surface area contributed by atoms with Crippen molar-refractivity contribution in [1.82, 2.24) is 9.88 Å². The van der Waals surface area contributed by atoms with E-state index in [-0.39, 0.29) is 36.5 Å². The highest BCUT2D eigenvalue weighted by Gasteiger charge is 2.29. The first-order valence-corrected chi connectivity index (χ1v) is 11.9. The van der Waals surface area contributed by atoms with Gasteiger partial charge in [0.25, 0.3) is 11.8 Å². The van der Waals surface area contributed by atoms with Gasteiger partial charge < -0.3 is 20.9 Å². The standard InChI is InChI=1S/C27H27F4N5O2.2ClH/c1-14-10-15(32)13-36(12-14)21-8-9-33-11-20(21)34-26(37)16-4-6-18(28)22(24(16)30)23-19(29)7-5-17(25(23)31)27(38)35(2)3;;/h4-9,11,14-15H,10,12-13,32H2,1-3H3,(H,34,37);2*1H/t14-,15+;;/m1../s1. The van der Waals surface area contributed by atoms with Crippen molar-refractivity contribution < 1.29 is 27.2 Å². The van der Waals surface area contributed by atoms with Gasteiger partial charge in [0.2, 0.25) is 0 Å². The van der Waals surface area contributed by atoms with Gasteiger partial charge in [-0.15, -0.1) is 24.8 Å². The second-order valence-corrected chi connectivity index (χ2v) is 9.62. The van der Waals surface area contributed by atoms with Crippen LogP contribution >= 0.6 is 24.8 Å². The Balaban J connectivity index is 0.00000280. The lowest BCUT2D eigenvalue weighted by molar-refractivity contribution is 0.0822. The summed E-state index contributed by atoms with van der Waals surface area (Å²) in [5, 5.41) is 2.57. The van der Waals surface area contributed by atoms with Gasteiger partial charge in [-0.3, -0.25) is 14.6 Å². The SMILES string of the molecule is C[C@@H]1C[C@H](N)CN(c2ccncc2NC(=O)c2ccc(F)c(-c3c(F)ccc(C(=O)N(C)C)c3F)c2F)C1.Cl.Cl. The summed E-state index contributed by atoms with van der Waals surface area (Å²) in [6, 6.07) is 4.86. The van der Waals surface area contributed by atoms with Crippen molar-refractivity contribution in [2.45, 2.75) is 19.4 Å². The summed E-state index contributed by atoms with van der Waals surface area (Å²) in [5.41, 5.74) is 3.63. The number of nitrogens with two attached hydrogens (primary N) is 1. The molecular formula is C27H29Cl2F4N5O2. The van der Waals surface area contributed by atoms with Crippen molar-refractivity contribution in [1.29, 1.82) is 0 Å². The number of benzene rings is 2. The number of piperidine rings is 1. The number of hydrogen-bond donors (Lipinski definition) is 2. The van der Waals surface area contributed by atoms with E-state index in [4.69, 9.17) is 5.73 Å². The Hall–Kier alpha value is -3.41. The fourth-order valence-corrected chi connectivity index (χ4v) is 4.69. The van der Waals surface area contributed by atoms with Crippen molar-refractivity contribution in [2.75, 3.05) is 37.4 Å². The van der Waals surface area contributed by atoms with E-state index >= 15 is 8.78 Å². The lowest BCUT2D eigenvalue weighted by Gasteiger charge is -2.37. The van der Waals surface area contributed by atoms with Crippen molar-refractivity contribution in [3.8, 4) is 11.1 Å². The van der Waals surface area contributed by atoms with Crippen molar-refractivity contribution >= 4 is 48.0 Å². The van der Waals surface area contributed by atoms with E-state index in [0.29, 0.717) is 24.7 Å². The topological polar surface area (TPSA) is 91.6 Å². The molecule has 2 atom stereocenters. The zero-order valence-corrected chi connectivity index (χ0v) is 23.5. The molecule has 2 aromatic carbocycles. The van der Waals surface area contributed by atoms with Crippen molar-refractivity contribution in [2.24, 2.45) is 11.7 Å². The molecule has 13 heteroatoms. The summed E-state index contributed by atoms with van der Waals surface area (Å²) in [5.74, 6) is -7.02. The number of halogens is 6. The molecule has 2 amide bonds. The van der Waals surface area contributed by atoms with Gasteiger partial charge in [0.15, 0.2) is 0 Å². The highest BCUT2D eigenvalue weighted by atomic mass is 35.5. The van der Waals surface area contributed by atoms with Gasteiger partial charge in [0, 0.05) is 39.4 Å². The molecule has 4 rings (SSSR count). The van der Waals surface area contributed by atoms with Crippen LogP contribution in [0.1, 0.15) is 34.1 Å². The predicted octanol–water partition coefficient (Wildman–Crippen LogP) is 5.28. The summed E-state index contributed by atoms with van der Waals surface area (Å²) in [7, 11) is 2.70. The molecule has 0 bridgehead atoms. The Labute approximate surface area is 241 Å². The van der Waals surface area contributed by atoms with Crippen LogP contribution in [0.4, 0.5) is 28.9 Å². The first-order valence-electron chi connectivity index (χ1n) is 11.9. The lowest BCUT2D eigenvalue weighted by atomic mass is 9.96. The maximum atomic E-state index is 15.6. The van der Waals surface area contributed by atoms with Crippen LogP contribution in [0.15, 0.2) is 42.7 Å². The van der Waals surface area contributed by atoms with Gasteiger partial charge in [-0.25, -0.2) is 17.6 Å². The maximum Gasteiger partial charge on any atom is 0.258 e. The molecule has 1 aromatic heterocycles. The van der Waals surface area contributed by atoms with Crippen LogP contribution < -0.4 is 16.0 Å². The minimum atomic E-state index is -1.48. The molecule has 1 aliphatic rings. The average Bonchev–Trinajstić information content (AvgIpc) is 2.85. The molecule has 7 nitrogen and oxygen atoms in total. The third kappa shape index (κ3) is 6.48. The predicted molar refractivity (Wildman–Crippen MR) is 150 cm³/mol. The number of nitrogens with zero attached hydrogens (tertiary/aromatic N) is 3. The summed E-state index contributed by atoms with van der Waals surface area (Å²) in [4.78, 5) is 32.5. The van der Waals surface area contributed by atoms with Crippen LogP contribution in [0.2, 0.25) is 0 Å². The Morgan fingerprint density at radius 2 is 1.52 bits per heavy atom. The smallest absolute Gasteiger partial charge is 0.258 e. The Morgan fingerprint density at radius 1 is 0.950 bits per heavy atom. The molecule has 0 aliphatic carbocycles. The second kappa shape index (κ2) is 13.3. The number of pyridine rings is 1. The molecule has 0 saturated carbocycles. The number of rotatable bonds is 5. The van der Waals surface area contributed by atoms with E-state index < -0.39 is 57.3 Å². The molecule has 2 heterocycles. The van der Waals surface area contributed by atoms with E-state index in [0.717, 1.165) is 35.6 Å². The van der Waals surface area contributed by atoms with Crippen molar-refractivity contribution in [3.05, 3.63) is 77.1 Å². The van der Waals surface area contributed by atoms with Crippen LogP contribution in [0.25, 0.3) is 11.1 Å². The Kier molecular flexibility index (Phi) is 10.9. The minimum Gasteiger partial charge on any atom is -0.368 e.